The average molecular weight is 382 g/mol. The van der Waals surface area contributed by atoms with Crippen LogP contribution in [-0.4, -0.2) is 37.6 Å². The van der Waals surface area contributed by atoms with E-state index in [0.29, 0.717) is 24.4 Å². The summed E-state index contributed by atoms with van der Waals surface area (Å²) in [6.07, 6.45) is 4.88. The third-order valence-electron chi connectivity index (χ3n) is 4.73. The molecular weight excluding hydrogens is 356 g/mol. The highest BCUT2D eigenvalue weighted by atomic mass is 16.3. The number of hydrogen-bond acceptors (Lipinski definition) is 4. The highest BCUT2D eigenvalue weighted by Gasteiger charge is 2.23. The minimum absolute atomic E-state index is 0.126. The highest BCUT2D eigenvalue weighted by molar-refractivity contribution is 5.99. The van der Waals surface area contributed by atoms with Crippen LogP contribution in [-0.2, 0) is 6.54 Å². The Morgan fingerprint density at radius 2 is 1.93 bits per heavy atom. The Bertz CT molecular complexity index is 796. The van der Waals surface area contributed by atoms with Gasteiger partial charge in [-0.15, -0.1) is 6.58 Å². The number of para-hydroxylation sites is 1. The standard InChI is InChI=1S/C21H26N4O3/c1-2-11-22-21(27)24-16-9-12-25(13-10-16)19-8-4-3-7-18(19)20(26)23-15-17-6-5-14-28-17/h2-8,14,16H,1,9-13,15H2,(H,23,26)(H2,22,24,27). The molecule has 1 fully saturated rings. The van der Waals surface area contributed by atoms with Gasteiger partial charge in [-0.3, -0.25) is 4.79 Å². The molecule has 3 rings (SSSR count). The third kappa shape index (κ3) is 5.16. The van der Waals surface area contributed by atoms with Crippen molar-refractivity contribution in [1.29, 1.82) is 0 Å². The lowest BCUT2D eigenvalue weighted by Gasteiger charge is -2.34. The molecule has 2 heterocycles. The van der Waals surface area contributed by atoms with E-state index in [1.165, 1.54) is 0 Å². The van der Waals surface area contributed by atoms with Gasteiger partial charge in [0.25, 0.3) is 5.91 Å². The Hall–Kier alpha value is -3.22. The van der Waals surface area contributed by atoms with Gasteiger partial charge in [0.15, 0.2) is 0 Å². The van der Waals surface area contributed by atoms with E-state index in [9.17, 15) is 9.59 Å². The van der Waals surface area contributed by atoms with E-state index in [2.05, 4.69) is 27.4 Å². The van der Waals surface area contributed by atoms with E-state index in [-0.39, 0.29) is 18.0 Å². The Labute approximate surface area is 164 Å². The van der Waals surface area contributed by atoms with Crippen LogP contribution in [0.1, 0.15) is 29.0 Å². The smallest absolute Gasteiger partial charge is 0.315 e. The molecule has 1 aliphatic rings. The molecule has 0 saturated carbocycles. The zero-order chi connectivity index (χ0) is 19.8. The van der Waals surface area contributed by atoms with E-state index in [0.717, 1.165) is 31.6 Å². The van der Waals surface area contributed by atoms with Gasteiger partial charge in [0.2, 0.25) is 0 Å². The molecular formula is C21H26N4O3. The summed E-state index contributed by atoms with van der Waals surface area (Å²) in [6.45, 7) is 5.93. The molecule has 148 valence electrons. The number of hydrogen-bond donors (Lipinski definition) is 3. The fourth-order valence-corrected chi connectivity index (χ4v) is 3.28. The Balaban J connectivity index is 1.56. The van der Waals surface area contributed by atoms with E-state index in [4.69, 9.17) is 4.42 Å². The van der Waals surface area contributed by atoms with Gasteiger partial charge in [0, 0.05) is 31.4 Å². The first-order valence-electron chi connectivity index (χ1n) is 9.47. The lowest BCUT2D eigenvalue weighted by Crippen LogP contribution is -2.48. The number of amides is 3. The van der Waals surface area contributed by atoms with Crippen molar-refractivity contribution in [1.82, 2.24) is 16.0 Å². The molecule has 3 amide bonds. The molecule has 28 heavy (non-hydrogen) atoms. The second-order valence-electron chi connectivity index (χ2n) is 6.68. The van der Waals surface area contributed by atoms with Crippen LogP contribution in [0.4, 0.5) is 10.5 Å². The van der Waals surface area contributed by atoms with Gasteiger partial charge in [0.1, 0.15) is 5.76 Å². The van der Waals surface area contributed by atoms with Crippen molar-refractivity contribution in [2.45, 2.75) is 25.4 Å². The fourth-order valence-electron chi connectivity index (χ4n) is 3.28. The van der Waals surface area contributed by atoms with Crippen LogP contribution in [0.2, 0.25) is 0 Å². The van der Waals surface area contributed by atoms with E-state index < -0.39 is 0 Å². The summed E-state index contributed by atoms with van der Waals surface area (Å²) in [5.41, 5.74) is 1.55. The second-order valence-corrected chi connectivity index (χ2v) is 6.68. The quantitative estimate of drug-likeness (QED) is 0.643. The topological polar surface area (TPSA) is 86.6 Å². The average Bonchev–Trinajstić information content (AvgIpc) is 3.25. The van der Waals surface area contributed by atoms with Crippen LogP contribution in [0.15, 0.2) is 59.7 Å². The fraction of sp³-hybridized carbons (Fsp3) is 0.333. The molecule has 0 radical (unpaired) electrons. The van der Waals surface area contributed by atoms with E-state index in [1.807, 2.05) is 30.3 Å². The van der Waals surface area contributed by atoms with Crippen LogP contribution >= 0.6 is 0 Å². The van der Waals surface area contributed by atoms with Crippen molar-refractivity contribution in [3.8, 4) is 0 Å². The number of nitrogens with one attached hydrogen (secondary N) is 3. The summed E-state index contributed by atoms with van der Waals surface area (Å²) in [6, 6.07) is 11.2. The van der Waals surface area contributed by atoms with Crippen molar-refractivity contribution in [3.63, 3.8) is 0 Å². The molecule has 1 saturated heterocycles. The van der Waals surface area contributed by atoms with E-state index in [1.54, 1.807) is 18.4 Å². The summed E-state index contributed by atoms with van der Waals surface area (Å²) >= 11 is 0. The van der Waals surface area contributed by atoms with Crippen LogP contribution in [0.3, 0.4) is 0 Å². The number of carbonyl (C=O) groups excluding carboxylic acids is 2. The second kappa shape index (κ2) is 9.64. The first-order chi connectivity index (χ1) is 13.7. The number of urea groups is 1. The number of carbonyl (C=O) groups is 2. The third-order valence-corrected chi connectivity index (χ3v) is 4.73. The largest absolute Gasteiger partial charge is 0.467 e. The van der Waals surface area contributed by atoms with Gasteiger partial charge in [-0.2, -0.15) is 0 Å². The summed E-state index contributed by atoms with van der Waals surface area (Å²) in [5.74, 6) is 0.587. The van der Waals surface area contributed by atoms with Gasteiger partial charge in [-0.25, -0.2) is 4.79 Å². The number of anilines is 1. The molecule has 1 aliphatic heterocycles. The molecule has 0 bridgehead atoms. The van der Waals surface area contributed by atoms with Gasteiger partial charge < -0.3 is 25.3 Å². The number of benzene rings is 1. The predicted octanol–water partition coefficient (Wildman–Crippen LogP) is 2.66. The van der Waals surface area contributed by atoms with Crippen LogP contribution in [0.5, 0.6) is 0 Å². The van der Waals surface area contributed by atoms with E-state index >= 15 is 0 Å². The normalized spacial score (nSPS) is 14.4. The molecule has 0 unspecified atom stereocenters. The summed E-state index contributed by atoms with van der Waals surface area (Å²) < 4.78 is 5.26. The molecule has 7 nitrogen and oxygen atoms in total. The number of furan rings is 1. The molecule has 0 spiro atoms. The van der Waals surface area contributed by atoms with Crippen molar-refractivity contribution in [2.75, 3.05) is 24.5 Å². The first kappa shape index (κ1) is 19.5. The van der Waals surface area contributed by atoms with Crippen molar-refractivity contribution in [3.05, 3.63) is 66.6 Å². The predicted molar refractivity (Wildman–Crippen MR) is 108 cm³/mol. The zero-order valence-corrected chi connectivity index (χ0v) is 15.8. The molecule has 0 aliphatic carbocycles. The molecule has 1 aromatic carbocycles. The number of rotatable bonds is 7. The van der Waals surface area contributed by atoms with Crippen LogP contribution in [0.25, 0.3) is 0 Å². The monoisotopic (exact) mass is 382 g/mol. The molecule has 1 aromatic heterocycles. The lowest BCUT2D eigenvalue weighted by molar-refractivity contribution is 0.0948. The molecule has 2 aromatic rings. The van der Waals surface area contributed by atoms with Gasteiger partial charge in [0.05, 0.1) is 18.4 Å². The molecule has 3 N–H and O–H groups in total. The maximum atomic E-state index is 12.7. The van der Waals surface area contributed by atoms with Gasteiger partial charge in [-0.1, -0.05) is 18.2 Å². The first-order valence-corrected chi connectivity index (χ1v) is 9.47. The Morgan fingerprint density at radius 3 is 2.64 bits per heavy atom. The lowest BCUT2D eigenvalue weighted by atomic mass is 10.0. The Kier molecular flexibility index (Phi) is 6.73. The number of nitrogens with zero attached hydrogens (tertiary/aromatic N) is 1. The maximum absolute atomic E-state index is 12.7. The van der Waals surface area contributed by atoms with Crippen molar-refractivity contribution in [2.24, 2.45) is 0 Å². The maximum Gasteiger partial charge on any atom is 0.315 e. The SMILES string of the molecule is C=CCNC(=O)NC1CCN(c2ccccc2C(=O)NCc2ccco2)CC1. The summed E-state index contributed by atoms with van der Waals surface area (Å²) in [7, 11) is 0. The van der Waals surface area contributed by atoms with Crippen LogP contribution < -0.4 is 20.9 Å². The summed E-state index contributed by atoms with van der Waals surface area (Å²) in [4.78, 5) is 26.6. The summed E-state index contributed by atoms with van der Waals surface area (Å²) in [5, 5.41) is 8.62. The van der Waals surface area contributed by atoms with Gasteiger partial charge >= 0.3 is 6.03 Å². The van der Waals surface area contributed by atoms with Crippen molar-refractivity contribution < 1.29 is 14.0 Å². The minimum atomic E-state index is -0.170. The number of piperidine rings is 1. The van der Waals surface area contributed by atoms with Crippen LogP contribution in [0, 0.1) is 0 Å². The molecule has 0 atom stereocenters. The zero-order valence-electron chi connectivity index (χ0n) is 15.8. The highest BCUT2D eigenvalue weighted by Crippen LogP contribution is 2.24. The Morgan fingerprint density at radius 1 is 1.14 bits per heavy atom. The van der Waals surface area contributed by atoms with Crippen molar-refractivity contribution >= 4 is 17.6 Å². The minimum Gasteiger partial charge on any atom is -0.467 e. The van der Waals surface area contributed by atoms with Gasteiger partial charge in [-0.05, 0) is 37.1 Å². The molecule has 7 heteroatoms.